The maximum absolute atomic E-state index is 6.50. The van der Waals surface area contributed by atoms with Crippen LogP contribution in [0.4, 0.5) is 0 Å². The number of hydrogen-bond acceptors (Lipinski definition) is 3. The molecule has 0 saturated carbocycles. The van der Waals surface area contributed by atoms with Gasteiger partial charge in [-0.1, -0.05) is 18.5 Å². The molecule has 0 aromatic carbocycles. The summed E-state index contributed by atoms with van der Waals surface area (Å²) >= 11 is 6.50. The molecule has 1 N–H and O–H groups in total. The van der Waals surface area contributed by atoms with Crippen LogP contribution in [0.25, 0.3) is 0 Å². The molecule has 0 aliphatic carbocycles. The number of nitrogens with zero attached hydrogens (tertiary/aromatic N) is 3. The normalized spacial score (nSPS) is 19.8. The van der Waals surface area contributed by atoms with Crippen molar-refractivity contribution in [1.29, 1.82) is 0 Å². The molecule has 108 valence electrons. The lowest BCUT2D eigenvalue weighted by atomic mass is 10.00. The van der Waals surface area contributed by atoms with E-state index >= 15 is 0 Å². The molecule has 1 fully saturated rings. The highest BCUT2D eigenvalue weighted by atomic mass is 35.5. The van der Waals surface area contributed by atoms with Crippen LogP contribution in [0.15, 0.2) is 0 Å². The van der Waals surface area contributed by atoms with Crippen molar-refractivity contribution in [1.82, 2.24) is 20.0 Å². The highest BCUT2D eigenvalue weighted by molar-refractivity contribution is 6.31. The SMILES string of the molecule is CCc1nn(CC)c(CN2CCNCC2(C)C)c1Cl. The molecule has 0 unspecified atom stereocenters. The highest BCUT2D eigenvalue weighted by Crippen LogP contribution is 2.26. The molecular formula is C14H25ClN4. The monoisotopic (exact) mass is 284 g/mol. The maximum Gasteiger partial charge on any atom is 0.0863 e. The van der Waals surface area contributed by atoms with Crippen molar-refractivity contribution in [3.05, 3.63) is 16.4 Å². The van der Waals surface area contributed by atoms with Crippen molar-refractivity contribution in [3.63, 3.8) is 0 Å². The average Bonchev–Trinajstić information content (AvgIpc) is 2.68. The summed E-state index contributed by atoms with van der Waals surface area (Å²) in [6.07, 6.45) is 0.893. The predicted octanol–water partition coefficient (Wildman–Crippen LogP) is 2.30. The fourth-order valence-electron chi connectivity index (χ4n) is 2.66. The van der Waals surface area contributed by atoms with Crippen LogP contribution >= 0.6 is 11.6 Å². The fourth-order valence-corrected chi connectivity index (χ4v) is 2.99. The fraction of sp³-hybridized carbons (Fsp3) is 0.786. The smallest absolute Gasteiger partial charge is 0.0863 e. The minimum absolute atomic E-state index is 0.163. The Morgan fingerprint density at radius 2 is 2.11 bits per heavy atom. The van der Waals surface area contributed by atoms with Crippen molar-refractivity contribution in [2.24, 2.45) is 0 Å². The van der Waals surface area contributed by atoms with Crippen LogP contribution in [0, 0.1) is 0 Å². The zero-order valence-electron chi connectivity index (χ0n) is 12.5. The molecule has 0 spiro atoms. The molecule has 1 aliphatic heterocycles. The first-order valence-electron chi connectivity index (χ1n) is 7.19. The lowest BCUT2D eigenvalue weighted by molar-refractivity contribution is 0.0799. The minimum atomic E-state index is 0.163. The van der Waals surface area contributed by atoms with Gasteiger partial charge in [0.25, 0.3) is 0 Å². The molecule has 2 heterocycles. The number of aryl methyl sites for hydroxylation is 2. The minimum Gasteiger partial charge on any atom is -0.314 e. The molecule has 2 rings (SSSR count). The van der Waals surface area contributed by atoms with E-state index in [1.165, 1.54) is 0 Å². The first-order chi connectivity index (χ1) is 8.99. The van der Waals surface area contributed by atoms with Gasteiger partial charge in [-0.15, -0.1) is 0 Å². The molecule has 0 radical (unpaired) electrons. The lowest BCUT2D eigenvalue weighted by Gasteiger charge is -2.42. The first kappa shape index (κ1) is 14.8. The van der Waals surface area contributed by atoms with Crippen molar-refractivity contribution in [2.75, 3.05) is 19.6 Å². The van der Waals surface area contributed by atoms with Gasteiger partial charge in [-0.25, -0.2) is 0 Å². The van der Waals surface area contributed by atoms with E-state index in [-0.39, 0.29) is 5.54 Å². The van der Waals surface area contributed by atoms with Crippen LogP contribution in [0.5, 0.6) is 0 Å². The molecule has 0 bridgehead atoms. The molecule has 4 nitrogen and oxygen atoms in total. The number of nitrogens with one attached hydrogen (secondary N) is 1. The van der Waals surface area contributed by atoms with Gasteiger partial charge in [0, 0.05) is 38.3 Å². The first-order valence-corrected chi connectivity index (χ1v) is 7.57. The van der Waals surface area contributed by atoms with Crippen LogP contribution in [-0.4, -0.2) is 39.9 Å². The summed E-state index contributed by atoms with van der Waals surface area (Å²) in [5.74, 6) is 0. The zero-order valence-corrected chi connectivity index (χ0v) is 13.2. The third-order valence-corrected chi connectivity index (χ3v) is 4.44. The van der Waals surface area contributed by atoms with E-state index in [0.717, 1.165) is 55.6 Å². The molecule has 1 aliphatic rings. The maximum atomic E-state index is 6.50. The van der Waals surface area contributed by atoms with Gasteiger partial charge in [-0.2, -0.15) is 5.10 Å². The van der Waals surface area contributed by atoms with E-state index in [2.05, 4.69) is 47.7 Å². The molecule has 0 atom stereocenters. The van der Waals surface area contributed by atoms with E-state index in [0.29, 0.717) is 0 Å². The van der Waals surface area contributed by atoms with E-state index in [4.69, 9.17) is 11.6 Å². The largest absolute Gasteiger partial charge is 0.314 e. The number of rotatable bonds is 4. The Hall–Kier alpha value is -0.580. The Morgan fingerprint density at radius 1 is 1.37 bits per heavy atom. The molecule has 1 aromatic heterocycles. The second-order valence-corrected chi connectivity index (χ2v) is 6.17. The molecular weight excluding hydrogens is 260 g/mol. The van der Waals surface area contributed by atoms with Gasteiger partial charge in [0.1, 0.15) is 0 Å². The Bertz CT molecular complexity index is 439. The van der Waals surface area contributed by atoms with Crippen LogP contribution in [0.1, 0.15) is 39.1 Å². The topological polar surface area (TPSA) is 33.1 Å². The summed E-state index contributed by atoms with van der Waals surface area (Å²) in [6, 6.07) is 0. The van der Waals surface area contributed by atoms with E-state index < -0.39 is 0 Å². The summed E-state index contributed by atoms with van der Waals surface area (Å²) in [6.45, 7) is 13.7. The van der Waals surface area contributed by atoms with Crippen LogP contribution in [0.2, 0.25) is 5.02 Å². The summed E-state index contributed by atoms with van der Waals surface area (Å²) < 4.78 is 2.05. The van der Waals surface area contributed by atoms with Crippen LogP contribution in [0.3, 0.4) is 0 Å². The second-order valence-electron chi connectivity index (χ2n) is 5.79. The average molecular weight is 285 g/mol. The predicted molar refractivity (Wildman–Crippen MR) is 79.6 cm³/mol. The molecule has 1 saturated heterocycles. The third kappa shape index (κ3) is 2.96. The number of piperazine rings is 1. The van der Waals surface area contributed by atoms with Crippen molar-refractivity contribution >= 4 is 11.6 Å². The standard InChI is InChI=1S/C14H25ClN4/c1-5-11-13(15)12(19(6-2)17-11)9-18-8-7-16-10-14(18,3)4/h16H,5-10H2,1-4H3. The van der Waals surface area contributed by atoms with Crippen molar-refractivity contribution < 1.29 is 0 Å². The Labute approximate surface area is 121 Å². The van der Waals surface area contributed by atoms with E-state index in [1.54, 1.807) is 0 Å². The van der Waals surface area contributed by atoms with Crippen LogP contribution < -0.4 is 5.32 Å². The van der Waals surface area contributed by atoms with Crippen molar-refractivity contribution in [2.45, 2.75) is 52.7 Å². The van der Waals surface area contributed by atoms with Gasteiger partial charge in [0.2, 0.25) is 0 Å². The van der Waals surface area contributed by atoms with E-state index in [9.17, 15) is 0 Å². The number of halogens is 1. The summed E-state index contributed by atoms with van der Waals surface area (Å²) in [7, 11) is 0. The Morgan fingerprint density at radius 3 is 2.68 bits per heavy atom. The summed E-state index contributed by atoms with van der Waals surface area (Å²) in [4.78, 5) is 2.50. The Balaban J connectivity index is 2.24. The Kier molecular flexibility index (Phi) is 4.54. The highest BCUT2D eigenvalue weighted by Gasteiger charge is 2.31. The van der Waals surface area contributed by atoms with Gasteiger partial charge in [-0.3, -0.25) is 9.58 Å². The number of hydrogen-bond donors (Lipinski definition) is 1. The second kappa shape index (κ2) is 5.81. The summed E-state index contributed by atoms with van der Waals surface area (Å²) in [5.41, 5.74) is 2.35. The molecule has 1 aromatic rings. The summed E-state index contributed by atoms with van der Waals surface area (Å²) in [5, 5.41) is 8.92. The molecule has 5 heteroatoms. The molecule has 0 amide bonds. The quantitative estimate of drug-likeness (QED) is 0.921. The lowest BCUT2D eigenvalue weighted by Crippen LogP contribution is -2.57. The van der Waals surface area contributed by atoms with Gasteiger partial charge >= 0.3 is 0 Å². The van der Waals surface area contributed by atoms with Crippen molar-refractivity contribution in [3.8, 4) is 0 Å². The van der Waals surface area contributed by atoms with Crippen LogP contribution in [-0.2, 0) is 19.5 Å². The number of aromatic nitrogens is 2. The third-order valence-electron chi connectivity index (χ3n) is 4.01. The van der Waals surface area contributed by atoms with Gasteiger partial charge in [-0.05, 0) is 27.2 Å². The van der Waals surface area contributed by atoms with Gasteiger partial charge < -0.3 is 5.32 Å². The zero-order chi connectivity index (χ0) is 14.0. The molecule has 19 heavy (non-hydrogen) atoms. The van der Waals surface area contributed by atoms with E-state index in [1.807, 2.05) is 0 Å². The van der Waals surface area contributed by atoms with Gasteiger partial charge in [0.15, 0.2) is 0 Å². The van der Waals surface area contributed by atoms with Gasteiger partial charge in [0.05, 0.1) is 16.4 Å².